The maximum atomic E-state index is 10.2. The van der Waals surface area contributed by atoms with Crippen LogP contribution in [0.4, 0.5) is 0 Å². The fraction of sp³-hybridized carbons (Fsp3) is 0.571. The number of methoxy groups -OCH3 is 1. The van der Waals surface area contributed by atoms with Crippen LogP contribution in [0.2, 0.25) is 0 Å². The molecule has 1 aliphatic heterocycles. The largest absolute Gasteiger partial charge is 0.393 e. The first-order valence-electron chi connectivity index (χ1n) is 9.60. The number of hydrogen-bond acceptors (Lipinski definition) is 4. The molecule has 1 saturated heterocycles. The zero-order chi connectivity index (χ0) is 18.3. The topological polar surface area (TPSA) is 50.5 Å². The van der Waals surface area contributed by atoms with Crippen LogP contribution in [0.15, 0.2) is 30.6 Å². The second-order valence-electron chi connectivity index (χ2n) is 7.96. The summed E-state index contributed by atoms with van der Waals surface area (Å²) in [6, 6.07) is 6.70. The average Bonchev–Trinajstić information content (AvgIpc) is 3.26. The third-order valence-corrected chi connectivity index (χ3v) is 6.38. The summed E-state index contributed by atoms with van der Waals surface area (Å²) < 4.78 is 7.96. The number of rotatable bonds is 4. The van der Waals surface area contributed by atoms with Gasteiger partial charge in [0.05, 0.1) is 17.4 Å². The maximum absolute atomic E-state index is 10.2. The number of hydrogen-bond donors (Lipinski definition) is 1. The fourth-order valence-corrected chi connectivity index (χ4v) is 4.96. The van der Waals surface area contributed by atoms with Crippen molar-refractivity contribution < 1.29 is 9.84 Å². The normalized spacial score (nSPS) is 29.1. The molecule has 140 valence electrons. The molecule has 3 atom stereocenters. The Morgan fingerprint density at radius 1 is 1.31 bits per heavy atom. The summed E-state index contributed by atoms with van der Waals surface area (Å²) in [6.45, 7) is 6.19. The summed E-state index contributed by atoms with van der Waals surface area (Å²) in [6.07, 6.45) is 7.26. The molecule has 2 fully saturated rings. The van der Waals surface area contributed by atoms with Crippen molar-refractivity contribution in [3.8, 4) is 5.69 Å². The van der Waals surface area contributed by atoms with Gasteiger partial charge in [0.15, 0.2) is 0 Å². The van der Waals surface area contributed by atoms with Crippen LogP contribution >= 0.6 is 0 Å². The second-order valence-corrected chi connectivity index (χ2v) is 7.96. The van der Waals surface area contributed by atoms with Crippen molar-refractivity contribution in [2.24, 2.45) is 0 Å². The molecule has 0 bridgehead atoms. The summed E-state index contributed by atoms with van der Waals surface area (Å²) in [7, 11) is 1.83. The minimum absolute atomic E-state index is 0.0936. The number of fused-ring (bicyclic) bond motifs is 1. The van der Waals surface area contributed by atoms with Crippen LogP contribution in [0.5, 0.6) is 0 Å². The van der Waals surface area contributed by atoms with Gasteiger partial charge in [-0.3, -0.25) is 4.90 Å². The molecule has 0 spiro atoms. The molecule has 1 saturated carbocycles. The number of likely N-dealkylation sites (tertiary alicyclic amines) is 1. The SMILES string of the molecule is CO[C@@]12CC[C@@H](O)C[C@@H]1N(Cc1c(C)cc(C)cc1-n1cccn1)CC2. The number of nitrogens with zero attached hydrogens (tertiary/aromatic N) is 3. The minimum atomic E-state index is -0.214. The number of aromatic nitrogens is 2. The van der Waals surface area contributed by atoms with Crippen molar-refractivity contribution in [1.82, 2.24) is 14.7 Å². The van der Waals surface area contributed by atoms with Crippen LogP contribution in [-0.2, 0) is 11.3 Å². The number of aryl methyl sites for hydroxylation is 2. The van der Waals surface area contributed by atoms with Crippen molar-refractivity contribution in [2.75, 3.05) is 13.7 Å². The number of aliphatic hydroxyl groups is 1. The highest BCUT2D eigenvalue weighted by Crippen LogP contribution is 2.43. The third-order valence-electron chi connectivity index (χ3n) is 6.38. The van der Waals surface area contributed by atoms with E-state index in [2.05, 4.69) is 36.0 Å². The molecule has 1 N–H and O–H groups in total. The van der Waals surface area contributed by atoms with Crippen LogP contribution < -0.4 is 0 Å². The van der Waals surface area contributed by atoms with E-state index < -0.39 is 0 Å². The Labute approximate surface area is 155 Å². The average molecular weight is 355 g/mol. The third kappa shape index (κ3) is 2.98. The molecule has 0 amide bonds. The molecule has 2 heterocycles. The summed E-state index contributed by atoms with van der Waals surface area (Å²) in [5.41, 5.74) is 4.91. The van der Waals surface area contributed by atoms with E-state index in [1.165, 1.54) is 16.7 Å². The van der Waals surface area contributed by atoms with Gasteiger partial charge in [-0.2, -0.15) is 5.10 Å². The van der Waals surface area contributed by atoms with Crippen LogP contribution in [-0.4, -0.2) is 51.2 Å². The van der Waals surface area contributed by atoms with Gasteiger partial charge in [0.25, 0.3) is 0 Å². The van der Waals surface area contributed by atoms with E-state index >= 15 is 0 Å². The Hall–Kier alpha value is -1.69. The molecule has 5 heteroatoms. The van der Waals surface area contributed by atoms with E-state index in [4.69, 9.17) is 4.74 Å². The van der Waals surface area contributed by atoms with Crippen LogP contribution in [0, 0.1) is 13.8 Å². The highest BCUT2D eigenvalue weighted by atomic mass is 16.5. The van der Waals surface area contributed by atoms with E-state index in [-0.39, 0.29) is 17.7 Å². The van der Waals surface area contributed by atoms with Gasteiger partial charge in [0.2, 0.25) is 0 Å². The molecule has 0 unspecified atom stereocenters. The Kier molecular flexibility index (Phi) is 4.63. The molecule has 5 nitrogen and oxygen atoms in total. The Bertz CT molecular complexity index is 774. The first-order valence-corrected chi connectivity index (χ1v) is 9.60. The number of benzene rings is 1. The summed E-state index contributed by atoms with van der Waals surface area (Å²) >= 11 is 0. The van der Waals surface area contributed by atoms with E-state index in [0.29, 0.717) is 0 Å². The first kappa shape index (κ1) is 17.7. The molecule has 0 radical (unpaired) electrons. The fourth-order valence-electron chi connectivity index (χ4n) is 4.96. The number of aliphatic hydroxyl groups excluding tert-OH is 1. The molecular weight excluding hydrogens is 326 g/mol. The van der Waals surface area contributed by atoms with Gasteiger partial charge in [-0.15, -0.1) is 0 Å². The molecule has 4 rings (SSSR count). The lowest BCUT2D eigenvalue weighted by atomic mass is 9.79. The van der Waals surface area contributed by atoms with Gasteiger partial charge < -0.3 is 9.84 Å². The van der Waals surface area contributed by atoms with Crippen molar-refractivity contribution in [1.29, 1.82) is 0 Å². The standard InChI is InChI=1S/C21H29N3O2/c1-15-11-16(2)18(19(12-15)24-9-4-8-22-24)14-23-10-7-21(26-3)6-5-17(25)13-20(21)23/h4,8-9,11-12,17,20,25H,5-7,10,13-14H2,1-3H3/t17-,20+,21-/m1/s1. The van der Waals surface area contributed by atoms with Crippen molar-refractivity contribution in [3.05, 3.63) is 47.3 Å². The second kappa shape index (κ2) is 6.80. The zero-order valence-corrected chi connectivity index (χ0v) is 16.0. The lowest BCUT2D eigenvalue weighted by Gasteiger charge is -2.42. The van der Waals surface area contributed by atoms with Crippen LogP contribution in [0.1, 0.15) is 42.4 Å². The van der Waals surface area contributed by atoms with E-state index in [1.807, 2.05) is 30.3 Å². The van der Waals surface area contributed by atoms with Gasteiger partial charge in [-0.25, -0.2) is 4.68 Å². The van der Waals surface area contributed by atoms with Crippen molar-refractivity contribution in [2.45, 2.75) is 63.8 Å². The summed E-state index contributed by atoms with van der Waals surface area (Å²) in [4.78, 5) is 2.51. The van der Waals surface area contributed by atoms with E-state index in [1.54, 1.807) is 0 Å². The van der Waals surface area contributed by atoms with Gasteiger partial charge in [0, 0.05) is 38.6 Å². The molecule has 1 aromatic carbocycles. The predicted molar refractivity (Wildman–Crippen MR) is 101 cm³/mol. The Morgan fingerprint density at radius 2 is 2.15 bits per heavy atom. The van der Waals surface area contributed by atoms with Crippen LogP contribution in [0.3, 0.4) is 0 Å². The van der Waals surface area contributed by atoms with Gasteiger partial charge in [0.1, 0.15) is 0 Å². The quantitative estimate of drug-likeness (QED) is 0.916. The Balaban J connectivity index is 1.67. The highest BCUT2D eigenvalue weighted by molar-refractivity contribution is 5.48. The molecular formula is C21H29N3O2. The molecule has 26 heavy (non-hydrogen) atoms. The summed E-state index contributed by atoms with van der Waals surface area (Å²) in [5.74, 6) is 0. The van der Waals surface area contributed by atoms with Crippen molar-refractivity contribution >= 4 is 0 Å². The predicted octanol–water partition coefficient (Wildman–Crippen LogP) is 2.99. The van der Waals surface area contributed by atoms with E-state index in [9.17, 15) is 5.11 Å². The molecule has 2 aromatic rings. The minimum Gasteiger partial charge on any atom is -0.393 e. The summed E-state index contributed by atoms with van der Waals surface area (Å²) in [5, 5.41) is 14.7. The molecule has 1 aliphatic carbocycles. The zero-order valence-electron chi connectivity index (χ0n) is 16.0. The smallest absolute Gasteiger partial charge is 0.0847 e. The maximum Gasteiger partial charge on any atom is 0.0847 e. The van der Waals surface area contributed by atoms with Gasteiger partial charge >= 0.3 is 0 Å². The Morgan fingerprint density at radius 3 is 2.88 bits per heavy atom. The van der Waals surface area contributed by atoms with Gasteiger partial charge in [-0.05, 0) is 68.4 Å². The number of ether oxygens (including phenoxy) is 1. The molecule has 1 aromatic heterocycles. The monoisotopic (exact) mass is 355 g/mol. The molecule has 2 aliphatic rings. The van der Waals surface area contributed by atoms with Gasteiger partial charge in [-0.1, -0.05) is 6.07 Å². The highest BCUT2D eigenvalue weighted by Gasteiger charge is 2.50. The van der Waals surface area contributed by atoms with E-state index in [0.717, 1.165) is 44.5 Å². The lowest BCUT2D eigenvalue weighted by Crippen LogP contribution is -2.51. The van der Waals surface area contributed by atoms with Crippen molar-refractivity contribution in [3.63, 3.8) is 0 Å². The van der Waals surface area contributed by atoms with Crippen LogP contribution in [0.25, 0.3) is 5.69 Å². The lowest BCUT2D eigenvalue weighted by molar-refractivity contribution is -0.0879. The first-order chi connectivity index (χ1) is 12.5.